The highest BCUT2D eigenvalue weighted by molar-refractivity contribution is 6.13. The number of aromatic nitrogens is 2. The van der Waals surface area contributed by atoms with E-state index in [4.69, 9.17) is 9.97 Å². The summed E-state index contributed by atoms with van der Waals surface area (Å²) in [6.07, 6.45) is 10.1. The summed E-state index contributed by atoms with van der Waals surface area (Å²) in [5, 5.41) is 4.77. The number of allylic oxidation sites excluding steroid dienone is 4. The van der Waals surface area contributed by atoms with E-state index in [1.807, 2.05) is 0 Å². The van der Waals surface area contributed by atoms with Gasteiger partial charge in [0.25, 0.3) is 0 Å². The zero-order valence-electron chi connectivity index (χ0n) is 27.0. The van der Waals surface area contributed by atoms with Crippen LogP contribution in [0.3, 0.4) is 0 Å². The Balaban J connectivity index is 1.44. The van der Waals surface area contributed by atoms with Crippen LogP contribution in [0.5, 0.6) is 0 Å². The maximum atomic E-state index is 5.31. The Morgan fingerprint density at radius 3 is 1.98 bits per heavy atom. The van der Waals surface area contributed by atoms with Gasteiger partial charge in [0.15, 0.2) is 5.82 Å². The van der Waals surface area contributed by atoms with Crippen molar-refractivity contribution in [3.8, 4) is 45.0 Å². The second-order valence-corrected chi connectivity index (χ2v) is 12.0. The second kappa shape index (κ2) is 13.8. The van der Waals surface area contributed by atoms with E-state index in [2.05, 4.69) is 172 Å². The molecule has 7 rings (SSSR count). The lowest BCUT2D eigenvalue weighted by Crippen LogP contribution is -1.97. The summed E-state index contributed by atoms with van der Waals surface area (Å²) in [4.78, 5) is 10.6. The molecule has 0 fully saturated rings. The summed E-state index contributed by atoms with van der Waals surface area (Å²) in [6.45, 7) is 4.32. The first-order valence-electron chi connectivity index (χ1n) is 16.6. The standard InChI is InChI=1S/C45H38N2/c1-3-5-7-17-32(16-4-2)34-21-14-23-37(28-34)43-31-44(38-24-15-22-35(29-38)33-18-8-6-9-19-33)47-45(46-43)42-30-36-20-10-11-25-39(36)40-26-12-13-27-41(40)42/h4,6,8-31H,3,5,7H2,1-2H3/b16-4-,32-17+. The third kappa shape index (κ3) is 6.41. The van der Waals surface area contributed by atoms with Gasteiger partial charge in [-0.25, -0.2) is 9.97 Å². The molecule has 0 aliphatic carbocycles. The van der Waals surface area contributed by atoms with Gasteiger partial charge in [-0.05, 0) is 81.4 Å². The molecule has 0 saturated carbocycles. The highest BCUT2D eigenvalue weighted by atomic mass is 14.9. The SMILES string of the molecule is C/C=C\C(=C/CCCC)c1cccc(-c2cc(-c3cccc(-c4ccccc4)c3)nc(-c3cc4ccccc4c4ccccc34)n2)c1. The fourth-order valence-electron chi connectivity index (χ4n) is 6.37. The fourth-order valence-corrected chi connectivity index (χ4v) is 6.37. The highest BCUT2D eigenvalue weighted by Gasteiger charge is 2.16. The highest BCUT2D eigenvalue weighted by Crippen LogP contribution is 2.36. The Hall–Kier alpha value is -5.60. The van der Waals surface area contributed by atoms with E-state index >= 15 is 0 Å². The summed E-state index contributed by atoms with van der Waals surface area (Å²) >= 11 is 0. The van der Waals surface area contributed by atoms with E-state index in [0.717, 1.165) is 51.3 Å². The van der Waals surface area contributed by atoms with Crippen LogP contribution in [0.25, 0.3) is 72.1 Å². The summed E-state index contributed by atoms with van der Waals surface area (Å²) in [6, 6.07) is 49.5. The van der Waals surface area contributed by atoms with Crippen molar-refractivity contribution >= 4 is 27.1 Å². The van der Waals surface area contributed by atoms with Crippen molar-refractivity contribution in [3.05, 3.63) is 163 Å². The summed E-state index contributed by atoms with van der Waals surface area (Å²) < 4.78 is 0. The van der Waals surface area contributed by atoms with Gasteiger partial charge in [0.1, 0.15) is 0 Å². The lowest BCUT2D eigenvalue weighted by Gasteiger charge is -2.14. The molecule has 47 heavy (non-hydrogen) atoms. The smallest absolute Gasteiger partial charge is 0.161 e. The van der Waals surface area contributed by atoms with Gasteiger partial charge in [-0.15, -0.1) is 0 Å². The Bertz CT molecular complexity index is 2240. The van der Waals surface area contributed by atoms with E-state index in [0.29, 0.717) is 0 Å². The van der Waals surface area contributed by atoms with E-state index < -0.39 is 0 Å². The van der Waals surface area contributed by atoms with Crippen molar-refractivity contribution in [2.24, 2.45) is 0 Å². The topological polar surface area (TPSA) is 25.8 Å². The molecule has 1 heterocycles. The molecule has 0 amide bonds. The van der Waals surface area contributed by atoms with Crippen LogP contribution in [-0.2, 0) is 0 Å². The predicted molar refractivity (Wildman–Crippen MR) is 201 cm³/mol. The van der Waals surface area contributed by atoms with E-state index in [1.165, 1.54) is 45.7 Å². The van der Waals surface area contributed by atoms with Gasteiger partial charge in [0, 0.05) is 16.7 Å². The number of hydrogen-bond donors (Lipinski definition) is 0. The molecule has 7 aromatic rings. The fraction of sp³-hybridized carbons (Fsp3) is 0.111. The van der Waals surface area contributed by atoms with Crippen molar-refractivity contribution in [2.75, 3.05) is 0 Å². The Morgan fingerprint density at radius 1 is 0.574 bits per heavy atom. The molecular formula is C45H38N2. The van der Waals surface area contributed by atoms with Crippen LogP contribution in [0.2, 0.25) is 0 Å². The normalized spacial score (nSPS) is 11.9. The Morgan fingerprint density at radius 2 is 1.21 bits per heavy atom. The summed E-state index contributed by atoms with van der Waals surface area (Å²) in [5.74, 6) is 0.724. The molecule has 0 spiro atoms. The lowest BCUT2D eigenvalue weighted by atomic mass is 9.96. The molecule has 2 heteroatoms. The molecule has 1 aromatic heterocycles. The molecule has 0 aliphatic heterocycles. The van der Waals surface area contributed by atoms with Crippen LogP contribution in [0.15, 0.2) is 158 Å². The molecule has 0 atom stereocenters. The van der Waals surface area contributed by atoms with E-state index in [1.54, 1.807) is 0 Å². The van der Waals surface area contributed by atoms with Crippen LogP contribution < -0.4 is 0 Å². The first-order chi connectivity index (χ1) is 23.2. The minimum Gasteiger partial charge on any atom is -0.228 e. The van der Waals surface area contributed by atoms with Crippen LogP contribution >= 0.6 is 0 Å². The maximum Gasteiger partial charge on any atom is 0.161 e. The molecule has 6 aromatic carbocycles. The summed E-state index contributed by atoms with van der Waals surface area (Å²) in [5.41, 5.74) is 9.76. The van der Waals surface area contributed by atoms with Crippen molar-refractivity contribution in [3.63, 3.8) is 0 Å². The first-order valence-corrected chi connectivity index (χ1v) is 16.6. The molecule has 0 unspecified atom stereocenters. The third-order valence-corrected chi connectivity index (χ3v) is 8.76. The van der Waals surface area contributed by atoms with E-state index in [-0.39, 0.29) is 0 Å². The van der Waals surface area contributed by atoms with Crippen molar-refractivity contribution in [1.29, 1.82) is 0 Å². The monoisotopic (exact) mass is 606 g/mol. The molecule has 0 radical (unpaired) electrons. The number of unbranched alkanes of at least 4 members (excludes halogenated alkanes) is 2. The quantitative estimate of drug-likeness (QED) is 0.0928. The molecule has 0 aliphatic rings. The average Bonchev–Trinajstić information content (AvgIpc) is 3.14. The van der Waals surface area contributed by atoms with Gasteiger partial charge in [0.2, 0.25) is 0 Å². The molecule has 0 saturated heterocycles. The number of rotatable bonds is 9. The van der Waals surface area contributed by atoms with Crippen molar-refractivity contribution in [2.45, 2.75) is 33.1 Å². The number of fused-ring (bicyclic) bond motifs is 3. The molecule has 0 bridgehead atoms. The molecule has 0 N–H and O–H groups in total. The zero-order chi connectivity index (χ0) is 32.0. The molecule has 228 valence electrons. The van der Waals surface area contributed by atoms with Crippen LogP contribution in [0, 0.1) is 0 Å². The predicted octanol–water partition coefficient (Wildman–Crippen LogP) is 12.6. The first kappa shape index (κ1) is 30.1. The second-order valence-electron chi connectivity index (χ2n) is 12.0. The Labute approximate surface area is 277 Å². The van der Waals surface area contributed by atoms with Gasteiger partial charge in [-0.1, -0.05) is 153 Å². The maximum absolute atomic E-state index is 5.31. The summed E-state index contributed by atoms with van der Waals surface area (Å²) in [7, 11) is 0. The van der Waals surface area contributed by atoms with Crippen LogP contribution in [0.1, 0.15) is 38.7 Å². The third-order valence-electron chi connectivity index (χ3n) is 8.76. The van der Waals surface area contributed by atoms with Gasteiger partial charge in [-0.3, -0.25) is 0 Å². The number of benzene rings is 6. The number of hydrogen-bond acceptors (Lipinski definition) is 2. The van der Waals surface area contributed by atoms with Crippen molar-refractivity contribution < 1.29 is 0 Å². The average molecular weight is 607 g/mol. The largest absolute Gasteiger partial charge is 0.228 e. The van der Waals surface area contributed by atoms with Gasteiger partial charge < -0.3 is 0 Å². The van der Waals surface area contributed by atoms with Gasteiger partial charge >= 0.3 is 0 Å². The zero-order valence-corrected chi connectivity index (χ0v) is 27.0. The van der Waals surface area contributed by atoms with Gasteiger partial charge in [-0.2, -0.15) is 0 Å². The minimum absolute atomic E-state index is 0.724. The molecular weight excluding hydrogens is 569 g/mol. The van der Waals surface area contributed by atoms with Crippen molar-refractivity contribution in [1.82, 2.24) is 9.97 Å². The molecule has 2 nitrogen and oxygen atoms in total. The van der Waals surface area contributed by atoms with Crippen LogP contribution in [-0.4, -0.2) is 9.97 Å². The lowest BCUT2D eigenvalue weighted by molar-refractivity contribution is 0.816. The number of nitrogens with zero attached hydrogens (tertiary/aromatic N) is 2. The van der Waals surface area contributed by atoms with E-state index in [9.17, 15) is 0 Å². The minimum atomic E-state index is 0.724. The van der Waals surface area contributed by atoms with Crippen LogP contribution in [0.4, 0.5) is 0 Å². The van der Waals surface area contributed by atoms with Gasteiger partial charge in [0.05, 0.1) is 11.4 Å². The Kier molecular flexibility index (Phi) is 8.83.